The molecule has 0 bridgehead atoms. The summed E-state index contributed by atoms with van der Waals surface area (Å²) in [5, 5.41) is 0. The van der Waals surface area contributed by atoms with Crippen molar-refractivity contribution in [1.29, 1.82) is 0 Å². The molecule has 0 spiro atoms. The van der Waals surface area contributed by atoms with Crippen LogP contribution < -0.4 is 0 Å². The number of carbonyl (C=O) groups excluding carboxylic acids is 1. The van der Waals surface area contributed by atoms with Crippen molar-refractivity contribution in [2.24, 2.45) is 11.8 Å². The molecule has 1 fully saturated rings. The van der Waals surface area contributed by atoms with Gasteiger partial charge in [-0.2, -0.15) is 0 Å². The maximum absolute atomic E-state index is 11.7. The molecule has 0 amide bonds. The summed E-state index contributed by atoms with van der Waals surface area (Å²) in [6.07, 6.45) is 7.24. The Morgan fingerprint density at radius 2 is 1.45 bits per heavy atom. The highest BCUT2D eigenvalue weighted by Crippen LogP contribution is 2.28. The summed E-state index contributed by atoms with van der Waals surface area (Å²) in [5.41, 5.74) is 0. The Balaban J connectivity index is 0. The van der Waals surface area contributed by atoms with Gasteiger partial charge < -0.3 is 4.74 Å². The number of unbranched alkanes of at least 4 members (excludes halogenated alkanes) is 1. The summed E-state index contributed by atoms with van der Waals surface area (Å²) in [7, 11) is 0. The van der Waals surface area contributed by atoms with Crippen LogP contribution in [0.25, 0.3) is 0 Å². The Morgan fingerprint density at radius 1 is 1.00 bits per heavy atom. The molecule has 0 aromatic carbocycles. The molecule has 1 rings (SSSR count). The lowest BCUT2D eigenvalue weighted by molar-refractivity contribution is -0.127. The fourth-order valence-electron chi connectivity index (χ4n) is 2.22. The van der Waals surface area contributed by atoms with Gasteiger partial charge in [-0.05, 0) is 32.6 Å². The van der Waals surface area contributed by atoms with Crippen LogP contribution in [0.1, 0.15) is 87.0 Å². The predicted molar refractivity (Wildman–Crippen MR) is 89.1 cm³/mol. The summed E-state index contributed by atoms with van der Waals surface area (Å²) in [6.45, 7) is 15.2. The van der Waals surface area contributed by atoms with E-state index in [2.05, 4.69) is 13.8 Å². The Morgan fingerprint density at radius 3 is 1.75 bits per heavy atom. The molecule has 0 heterocycles. The zero-order chi connectivity index (χ0) is 16.0. The monoisotopic (exact) mass is 286 g/mol. The first kappa shape index (κ1) is 21.9. The molecule has 0 aromatic heterocycles. The standard InChI is InChI=1S/C12H22O2.C4H10.C2H6/c1-4-14-11-7-5-10(6-8-11)12(13)9(2)3;1-3-4-2;1-2/h9-11H,4-8H2,1-3H3;3-4H2,1-2H3;1-2H3. The lowest BCUT2D eigenvalue weighted by Gasteiger charge is -2.28. The molecule has 0 atom stereocenters. The highest BCUT2D eigenvalue weighted by atomic mass is 16.5. The van der Waals surface area contributed by atoms with Gasteiger partial charge in [0.25, 0.3) is 0 Å². The summed E-state index contributed by atoms with van der Waals surface area (Å²) in [5.74, 6) is 0.954. The molecule has 0 unspecified atom stereocenters. The van der Waals surface area contributed by atoms with Gasteiger partial charge in [0.2, 0.25) is 0 Å². The minimum atomic E-state index is 0.198. The van der Waals surface area contributed by atoms with Gasteiger partial charge in [-0.25, -0.2) is 0 Å². The summed E-state index contributed by atoms with van der Waals surface area (Å²) in [4.78, 5) is 11.7. The quantitative estimate of drug-likeness (QED) is 0.653. The number of hydrogen-bond acceptors (Lipinski definition) is 2. The highest BCUT2D eigenvalue weighted by molar-refractivity contribution is 5.82. The molecule has 1 aliphatic rings. The molecule has 1 aliphatic carbocycles. The van der Waals surface area contributed by atoms with E-state index in [9.17, 15) is 4.79 Å². The van der Waals surface area contributed by atoms with Gasteiger partial charge in [-0.3, -0.25) is 4.79 Å². The van der Waals surface area contributed by atoms with Gasteiger partial charge in [-0.1, -0.05) is 54.4 Å². The molecule has 122 valence electrons. The minimum Gasteiger partial charge on any atom is -0.379 e. The van der Waals surface area contributed by atoms with Gasteiger partial charge in [0.15, 0.2) is 0 Å². The zero-order valence-electron chi connectivity index (χ0n) is 15.0. The van der Waals surface area contributed by atoms with Gasteiger partial charge in [0, 0.05) is 18.4 Å². The molecule has 0 aliphatic heterocycles. The van der Waals surface area contributed by atoms with Crippen molar-refractivity contribution in [2.75, 3.05) is 6.61 Å². The third kappa shape index (κ3) is 10.4. The summed E-state index contributed by atoms with van der Waals surface area (Å²) < 4.78 is 5.56. The molecule has 1 saturated carbocycles. The smallest absolute Gasteiger partial charge is 0.138 e. The van der Waals surface area contributed by atoms with E-state index in [4.69, 9.17) is 4.74 Å². The van der Waals surface area contributed by atoms with Crippen LogP contribution in [0.2, 0.25) is 0 Å². The topological polar surface area (TPSA) is 26.3 Å². The van der Waals surface area contributed by atoms with Crippen LogP contribution in [0.15, 0.2) is 0 Å². The number of Topliss-reactive ketones (excluding diaryl/α,β-unsaturated/α-hetero) is 1. The Labute approximate surface area is 127 Å². The number of ether oxygens (including phenoxy) is 1. The Kier molecular flexibility index (Phi) is 16.5. The van der Waals surface area contributed by atoms with Crippen molar-refractivity contribution in [3.05, 3.63) is 0 Å². The van der Waals surface area contributed by atoms with E-state index in [1.807, 2.05) is 34.6 Å². The molecule has 2 heteroatoms. The lowest BCUT2D eigenvalue weighted by atomic mass is 9.81. The molecule has 0 saturated heterocycles. The number of hydrogen-bond donors (Lipinski definition) is 0. The van der Waals surface area contributed by atoms with Crippen LogP contribution in [0, 0.1) is 11.8 Å². The average molecular weight is 287 g/mol. The van der Waals surface area contributed by atoms with Crippen LogP contribution in [0.3, 0.4) is 0 Å². The van der Waals surface area contributed by atoms with Crippen molar-refractivity contribution < 1.29 is 9.53 Å². The van der Waals surface area contributed by atoms with Crippen molar-refractivity contribution >= 4 is 5.78 Å². The van der Waals surface area contributed by atoms with E-state index in [-0.39, 0.29) is 5.92 Å². The first-order chi connectivity index (χ1) is 9.56. The number of carbonyl (C=O) groups is 1. The molecule has 2 nitrogen and oxygen atoms in total. The van der Waals surface area contributed by atoms with Gasteiger partial charge in [-0.15, -0.1) is 0 Å². The van der Waals surface area contributed by atoms with Crippen LogP contribution in [0.4, 0.5) is 0 Å². The second-order valence-corrected chi connectivity index (χ2v) is 5.49. The summed E-state index contributed by atoms with van der Waals surface area (Å²) in [6, 6.07) is 0. The summed E-state index contributed by atoms with van der Waals surface area (Å²) >= 11 is 0. The van der Waals surface area contributed by atoms with E-state index >= 15 is 0 Å². The first-order valence-electron chi connectivity index (χ1n) is 8.71. The minimum absolute atomic E-state index is 0.198. The molecule has 20 heavy (non-hydrogen) atoms. The fraction of sp³-hybridized carbons (Fsp3) is 0.944. The molecular formula is C18H38O2. The van der Waals surface area contributed by atoms with Gasteiger partial charge in [0.05, 0.1) is 6.10 Å². The zero-order valence-corrected chi connectivity index (χ0v) is 15.0. The normalized spacial score (nSPS) is 21.4. The maximum atomic E-state index is 11.7. The van der Waals surface area contributed by atoms with Gasteiger partial charge in [0.1, 0.15) is 5.78 Å². The van der Waals surface area contributed by atoms with Crippen molar-refractivity contribution in [3.63, 3.8) is 0 Å². The van der Waals surface area contributed by atoms with E-state index in [1.54, 1.807) is 0 Å². The molecular weight excluding hydrogens is 248 g/mol. The third-order valence-electron chi connectivity index (χ3n) is 3.55. The second kappa shape index (κ2) is 15.0. The molecule has 0 radical (unpaired) electrons. The van der Waals surface area contributed by atoms with Crippen LogP contribution in [-0.4, -0.2) is 18.5 Å². The predicted octanol–water partition coefficient (Wildman–Crippen LogP) is 5.64. The van der Waals surface area contributed by atoms with E-state index in [0.29, 0.717) is 17.8 Å². The maximum Gasteiger partial charge on any atom is 0.138 e. The molecule has 0 aromatic rings. The number of ketones is 1. The van der Waals surface area contributed by atoms with Crippen LogP contribution >= 0.6 is 0 Å². The van der Waals surface area contributed by atoms with Crippen LogP contribution in [0.5, 0.6) is 0 Å². The lowest BCUT2D eigenvalue weighted by Crippen LogP contribution is -2.28. The van der Waals surface area contributed by atoms with E-state index in [0.717, 1.165) is 32.3 Å². The average Bonchev–Trinajstić information content (AvgIpc) is 2.50. The van der Waals surface area contributed by atoms with Gasteiger partial charge >= 0.3 is 0 Å². The first-order valence-corrected chi connectivity index (χ1v) is 8.71. The fourth-order valence-corrected chi connectivity index (χ4v) is 2.22. The van der Waals surface area contributed by atoms with Crippen molar-refractivity contribution in [2.45, 2.75) is 93.1 Å². The second-order valence-electron chi connectivity index (χ2n) is 5.49. The van der Waals surface area contributed by atoms with E-state index < -0.39 is 0 Å². The third-order valence-corrected chi connectivity index (χ3v) is 3.55. The number of rotatable bonds is 5. The SMILES string of the molecule is CC.CCCC.CCOC1CCC(C(=O)C(C)C)CC1. The molecule has 0 N–H and O–H groups in total. The Bertz CT molecular complexity index is 201. The highest BCUT2D eigenvalue weighted by Gasteiger charge is 2.27. The Hall–Kier alpha value is -0.370. The largest absolute Gasteiger partial charge is 0.379 e. The van der Waals surface area contributed by atoms with Crippen molar-refractivity contribution in [3.8, 4) is 0 Å². The van der Waals surface area contributed by atoms with Crippen LogP contribution in [-0.2, 0) is 9.53 Å². The van der Waals surface area contributed by atoms with Crippen molar-refractivity contribution in [1.82, 2.24) is 0 Å². The van der Waals surface area contributed by atoms with E-state index in [1.165, 1.54) is 12.8 Å².